The van der Waals surface area contributed by atoms with Crippen LogP contribution in [0.25, 0.3) is 4.96 Å². The smallest absolute Gasteiger partial charge is 0.318 e. The fourth-order valence-electron chi connectivity index (χ4n) is 2.91. The first kappa shape index (κ1) is 15.1. The second kappa shape index (κ2) is 5.86. The first-order chi connectivity index (χ1) is 11.6. The summed E-state index contributed by atoms with van der Waals surface area (Å²) in [6.45, 7) is 0.725. The second-order valence-electron chi connectivity index (χ2n) is 5.64. The molecule has 124 valence electrons. The van der Waals surface area contributed by atoms with E-state index in [2.05, 4.69) is 10.3 Å². The number of aromatic nitrogens is 2. The van der Waals surface area contributed by atoms with E-state index in [9.17, 15) is 13.6 Å². The summed E-state index contributed by atoms with van der Waals surface area (Å²) in [7, 11) is 0. The summed E-state index contributed by atoms with van der Waals surface area (Å²) in [6.07, 6.45) is 4.07. The molecule has 8 heteroatoms. The van der Waals surface area contributed by atoms with Crippen molar-refractivity contribution < 1.29 is 13.6 Å². The Bertz CT molecular complexity index is 892. The van der Waals surface area contributed by atoms with Gasteiger partial charge in [0, 0.05) is 29.9 Å². The Morgan fingerprint density at radius 3 is 2.88 bits per heavy atom. The Labute approximate surface area is 140 Å². The summed E-state index contributed by atoms with van der Waals surface area (Å²) in [6, 6.07) is 1.93. The molecule has 0 bridgehead atoms. The van der Waals surface area contributed by atoms with Gasteiger partial charge in [-0.3, -0.25) is 4.40 Å². The number of urea groups is 1. The van der Waals surface area contributed by atoms with Crippen LogP contribution in [0.15, 0.2) is 29.9 Å². The molecule has 2 aromatic heterocycles. The van der Waals surface area contributed by atoms with Crippen LogP contribution in [-0.2, 0) is 19.5 Å². The lowest BCUT2D eigenvalue weighted by Gasteiger charge is -2.29. The van der Waals surface area contributed by atoms with E-state index in [1.807, 2.05) is 22.2 Å². The number of carbonyl (C=O) groups excluding carboxylic acids is 1. The Balaban J connectivity index is 1.43. The number of hydrogen-bond acceptors (Lipinski definition) is 3. The van der Waals surface area contributed by atoms with Gasteiger partial charge in [0.05, 0.1) is 18.8 Å². The third-order valence-electron chi connectivity index (χ3n) is 4.15. The maximum atomic E-state index is 13.9. The van der Waals surface area contributed by atoms with Crippen molar-refractivity contribution in [2.24, 2.45) is 0 Å². The standard InChI is InChI=1S/C16H14F2N4OS/c17-13-1-2-14(18)12-9-21(4-3-11(12)13)15(23)19-7-10-8-22-5-6-24-16(22)20-10/h1-2,5-6,8H,3-4,7,9H2,(H,19,23). The van der Waals surface area contributed by atoms with Crippen molar-refractivity contribution in [1.82, 2.24) is 19.6 Å². The van der Waals surface area contributed by atoms with Crippen LogP contribution in [0.3, 0.4) is 0 Å². The average molecular weight is 348 g/mol. The van der Waals surface area contributed by atoms with Crippen LogP contribution in [0.5, 0.6) is 0 Å². The van der Waals surface area contributed by atoms with E-state index in [0.29, 0.717) is 25.1 Å². The van der Waals surface area contributed by atoms with Crippen molar-refractivity contribution in [2.45, 2.75) is 19.5 Å². The van der Waals surface area contributed by atoms with Crippen LogP contribution in [0, 0.1) is 11.6 Å². The van der Waals surface area contributed by atoms with E-state index in [1.54, 1.807) is 0 Å². The zero-order valence-electron chi connectivity index (χ0n) is 12.6. The monoisotopic (exact) mass is 348 g/mol. The largest absolute Gasteiger partial charge is 0.332 e. The predicted octanol–water partition coefficient (Wildman–Crippen LogP) is 2.94. The molecule has 0 atom stereocenters. The first-order valence-electron chi connectivity index (χ1n) is 7.51. The molecule has 0 saturated carbocycles. The van der Waals surface area contributed by atoms with Crippen molar-refractivity contribution in [3.63, 3.8) is 0 Å². The number of carbonyl (C=O) groups is 1. The molecular weight excluding hydrogens is 334 g/mol. The summed E-state index contributed by atoms with van der Waals surface area (Å²) in [5.74, 6) is -0.886. The van der Waals surface area contributed by atoms with Crippen molar-refractivity contribution in [3.8, 4) is 0 Å². The number of amides is 2. The fraction of sp³-hybridized carbons (Fsp3) is 0.250. The summed E-state index contributed by atoms with van der Waals surface area (Å²) in [5.41, 5.74) is 1.39. The molecule has 0 unspecified atom stereocenters. The van der Waals surface area contributed by atoms with Gasteiger partial charge in [-0.2, -0.15) is 0 Å². The number of nitrogens with one attached hydrogen (secondary N) is 1. The number of imidazole rings is 1. The highest BCUT2D eigenvalue weighted by Crippen LogP contribution is 2.24. The van der Waals surface area contributed by atoms with Crippen LogP contribution >= 0.6 is 11.3 Å². The zero-order chi connectivity index (χ0) is 16.7. The van der Waals surface area contributed by atoms with Gasteiger partial charge in [0.2, 0.25) is 0 Å². The molecule has 0 saturated heterocycles. The lowest BCUT2D eigenvalue weighted by molar-refractivity contribution is 0.190. The third-order valence-corrected chi connectivity index (χ3v) is 4.92. The summed E-state index contributed by atoms with van der Waals surface area (Å²) in [5, 5.41) is 4.72. The van der Waals surface area contributed by atoms with Crippen LogP contribution in [0.2, 0.25) is 0 Å². The van der Waals surface area contributed by atoms with Gasteiger partial charge in [0.1, 0.15) is 11.6 Å². The minimum Gasteiger partial charge on any atom is -0.332 e. The summed E-state index contributed by atoms with van der Waals surface area (Å²) < 4.78 is 29.5. The Kier molecular flexibility index (Phi) is 3.68. The zero-order valence-corrected chi connectivity index (χ0v) is 13.4. The molecule has 0 aliphatic carbocycles. The maximum absolute atomic E-state index is 13.9. The summed E-state index contributed by atoms with van der Waals surface area (Å²) >= 11 is 1.52. The minimum absolute atomic E-state index is 0.0725. The molecule has 1 N–H and O–H groups in total. The average Bonchev–Trinajstić information content (AvgIpc) is 3.17. The van der Waals surface area contributed by atoms with Gasteiger partial charge in [0.15, 0.2) is 4.96 Å². The molecule has 1 aliphatic heterocycles. The van der Waals surface area contributed by atoms with Crippen molar-refractivity contribution in [1.29, 1.82) is 0 Å². The molecular formula is C16H14F2N4OS. The predicted molar refractivity (Wildman–Crippen MR) is 85.8 cm³/mol. The number of benzene rings is 1. The van der Waals surface area contributed by atoms with Crippen molar-refractivity contribution in [3.05, 3.63) is 58.4 Å². The highest BCUT2D eigenvalue weighted by atomic mass is 32.1. The van der Waals surface area contributed by atoms with Crippen molar-refractivity contribution in [2.75, 3.05) is 6.54 Å². The molecule has 4 rings (SSSR count). The van der Waals surface area contributed by atoms with Gasteiger partial charge in [-0.15, -0.1) is 11.3 Å². The van der Waals surface area contributed by atoms with E-state index in [4.69, 9.17) is 0 Å². The highest BCUT2D eigenvalue weighted by Gasteiger charge is 2.25. The topological polar surface area (TPSA) is 49.6 Å². The van der Waals surface area contributed by atoms with Gasteiger partial charge in [0.25, 0.3) is 0 Å². The highest BCUT2D eigenvalue weighted by molar-refractivity contribution is 7.15. The maximum Gasteiger partial charge on any atom is 0.318 e. The van der Waals surface area contributed by atoms with Crippen LogP contribution in [0.1, 0.15) is 16.8 Å². The lowest BCUT2D eigenvalue weighted by Crippen LogP contribution is -2.43. The van der Waals surface area contributed by atoms with E-state index < -0.39 is 11.6 Å². The number of rotatable bonds is 2. The molecule has 3 aromatic rings. The molecule has 0 radical (unpaired) electrons. The van der Waals surface area contributed by atoms with Crippen LogP contribution in [0.4, 0.5) is 13.6 Å². The van der Waals surface area contributed by atoms with E-state index in [-0.39, 0.29) is 18.1 Å². The summed E-state index contributed by atoms with van der Waals surface area (Å²) in [4.78, 5) is 19.0. The van der Waals surface area contributed by atoms with E-state index in [1.165, 1.54) is 16.2 Å². The van der Waals surface area contributed by atoms with Crippen LogP contribution < -0.4 is 5.32 Å². The van der Waals surface area contributed by atoms with Gasteiger partial charge < -0.3 is 10.2 Å². The number of hydrogen-bond donors (Lipinski definition) is 1. The van der Waals surface area contributed by atoms with E-state index >= 15 is 0 Å². The minimum atomic E-state index is -0.474. The van der Waals surface area contributed by atoms with Gasteiger partial charge >= 0.3 is 6.03 Å². The van der Waals surface area contributed by atoms with Gasteiger partial charge in [-0.25, -0.2) is 18.6 Å². The quantitative estimate of drug-likeness (QED) is 0.774. The molecule has 24 heavy (non-hydrogen) atoms. The lowest BCUT2D eigenvalue weighted by atomic mass is 9.99. The molecule has 1 aromatic carbocycles. The molecule has 5 nitrogen and oxygen atoms in total. The molecule has 0 fully saturated rings. The van der Waals surface area contributed by atoms with Crippen LogP contribution in [-0.4, -0.2) is 26.9 Å². The van der Waals surface area contributed by atoms with E-state index in [0.717, 1.165) is 22.8 Å². The number of halogens is 2. The number of fused-ring (bicyclic) bond motifs is 2. The molecule has 3 heterocycles. The molecule has 2 amide bonds. The Morgan fingerprint density at radius 2 is 2.08 bits per heavy atom. The Hall–Kier alpha value is -2.48. The molecule has 0 spiro atoms. The first-order valence-corrected chi connectivity index (χ1v) is 8.39. The fourth-order valence-corrected chi connectivity index (χ4v) is 3.63. The SMILES string of the molecule is O=C(NCc1cn2ccsc2n1)N1CCc2c(F)ccc(F)c2C1. The number of nitrogens with zero attached hydrogens (tertiary/aromatic N) is 3. The molecule has 1 aliphatic rings. The van der Waals surface area contributed by atoms with Crippen molar-refractivity contribution >= 4 is 22.3 Å². The van der Waals surface area contributed by atoms with Gasteiger partial charge in [-0.05, 0) is 24.1 Å². The Morgan fingerprint density at radius 1 is 1.29 bits per heavy atom. The second-order valence-corrected chi connectivity index (χ2v) is 6.51. The number of thiazole rings is 1. The normalized spacial score (nSPS) is 14.0. The van der Waals surface area contributed by atoms with Gasteiger partial charge in [-0.1, -0.05) is 0 Å². The third kappa shape index (κ3) is 2.62.